The van der Waals surface area contributed by atoms with Gasteiger partial charge in [0, 0.05) is 17.5 Å². The van der Waals surface area contributed by atoms with Crippen molar-refractivity contribution < 1.29 is 18.9 Å². The van der Waals surface area contributed by atoms with E-state index in [1.165, 1.54) is 0 Å². The molecule has 0 saturated carbocycles. The Hall–Kier alpha value is -3.67. The molecule has 3 aromatic carbocycles. The van der Waals surface area contributed by atoms with Crippen LogP contribution in [0.3, 0.4) is 0 Å². The number of methoxy groups -OCH3 is 2. The number of benzene rings is 3. The Morgan fingerprint density at radius 2 is 1.69 bits per heavy atom. The van der Waals surface area contributed by atoms with E-state index in [1.807, 2.05) is 55.5 Å². The third-order valence-electron chi connectivity index (χ3n) is 5.90. The van der Waals surface area contributed by atoms with Gasteiger partial charge in [-0.15, -0.1) is 0 Å². The van der Waals surface area contributed by atoms with Gasteiger partial charge in [0.1, 0.15) is 11.5 Å². The normalized spacial score (nSPS) is 18.8. The lowest BCUT2D eigenvalue weighted by Gasteiger charge is -2.38. The van der Waals surface area contributed by atoms with E-state index in [-0.39, 0.29) is 12.3 Å². The number of hydrogen-bond donors (Lipinski definition) is 0. The van der Waals surface area contributed by atoms with Gasteiger partial charge in [0.25, 0.3) is 0 Å². The summed E-state index contributed by atoms with van der Waals surface area (Å²) in [6.45, 7) is 2.61. The van der Waals surface area contributed by atoms with Gasteiger partial charge in [-0.2, -0.15) is 5.10 Å². The van der Waals surface area contributed by atoms with E-state index in [4.69, 9.17) is 24.0 Å². The molecule has 164 valence electrons. The Balaban J connectivity index is 1.55. The summed E-state index contributed by atoms with van der Waals surface area (Å²) >= 11 is 0. The van der Waals surface area contributed by atoms with Crippen LogP contribution in [0.15, 0.2) is 71.8 Å². The minimum absolute atomic E-state index is 0.0579. The first-order valence-corrected chi connectivity index (χ1v) is 10.8. The standard InChI is InChI=1S/C26H26N2O4/c1-4-31-20-14-10-18(11-15-20)26-28-23(21-6-5-7-24(30-3)25(21)32-26)16-22(27-28)17-8-12-19(29-2)13-9-17/h5-15,23,26H,4,16H2,1-3H3/t23-,26+/m0/s1. The zero-order chi connectivity index (χ0) is 22.1. The molecule has 0 bridgehead atoms. The molecule has 6 nitrogen and oxygen atoms in total. The van der Waals surface area contributed by atoms with Crippen molar-refractivity contribution in [1.29, 1.82) is 0 Å². The molecule has 0 aliphatic carbocycles. The molecule has 0 aromatic heterocycles. The number of fused-ring (bicyclic) bond motifs is 3. The van der Waals surface area contributed by atoms with Crippen molar-refractivity contribution in [3.63, 3.8) is 0 Å². The molecular formula is C26H26N2O4. The molecule has 5 rings (SSSR count). The molecule has 0 amide bonds. The van der Waals surface area contributed by atoms with E-state index < -0.39 is 0 Å². The highest BCUT2D eigenvalue weighted by Gasteiger charge is 2.42. The summed E-state index contributed by atoms with van der Waals surface area (Å²) in [5.74, 6) is 3.18. The predicted molar refractivity (Wildman–Crippen MR) is 123 cm³/mol. The highest BCUT2D eigenvalue weighted by Crippen LogP contribution is 2.50. The van der Waals surface area contributed by atoms with Crippen molar-refractivity contribution in [3.05, 3.63) is 83.4 Å². The monoisotopic (exact) mass is 430 g/mol. The molecule has 2 atom stereocenters. The zero-order valence-electron chi connectivity index (χ0n) is 18.4. The van der Waals surface area contributed by atoms with Crippen molar-refractivity contribution in [2.75, 3.05) is 20.8 Å². The van der Waals surface area contributed by atoms with Crippen LogP contribution in [0.25, 0.3) is 0 Å². The second kappa shape index (κ2) is 8.46. The fourth-order valence-corrected chi connectivity index (χ4v) is 4.32. The molecular weight excluding hydrogens is 404 g/mol. The SMILES string of the molecule is CCOc1ccc([C@H]2Oc3c(OC)cccc3[C@@H]3CC(c4ccc(OC)cc4)=NN23)cc1. The summed E-state index contributed by atoms with van der Waals surface area (Å²) in [7, 11) is 3.34. The maximum atomic E-state index is 6.51. The molecule has 3 aromatic rings. The van der Waals surface area contributed by atoms with Gasteiger partial charge in [0.05, 0.1) is 32.6 Å². The van der Waals surface area contributed by atoms with Gasteiger partial charge in [0.15, 0.2) is 11.5 Å². The third-order valence-corrected chi connectivity index (χ3v) is 5.90. The van der Waals surface area contributed by atoms with Crippen LogP contribution in [0.2, 0.25) is 0 Å². The molecule has 0 spiro atoms. The van der Waals surface area contributed by atoms with Crippen LogP contribution in [0, 0.1) is 0 Å². The van der Waals surface area contributed by atoms with E-state index in [0.717, 1.165) is 51.8 Å². The maximum Gasteiger partial charge on any atom is 0.214 e. The summed E-state index contributed by atoms with van der Waals surface area (Å²) in [6, 6.07) is 22.1. The molecule has 0 N–H and O–H groups in total. The van der Waals surface area contributed by atoms with Gasteiger partial charge in [-0.05, 0) is 67.1 Å². The lowest BCUT2D eigenvalue weighted by Crippen LogP contribution is -2.33. The van der Waals surface area contributed by atoms with Crippen LogP contribution in [-0.2, 0) is 0 Å². The lowest BCUT2D eigenvalue weighted by atomic mass is 9.95. The predicted octanol–water partition coefficient (Wildman–Crippen LogP) is 5.34. The second-order valence-electron chi connectivity index (χ2n) is 7.73. The van der Waals surface area contributed by atoms with Gasteiger partial charge in [-0.3, -0.25) is 0 Å². The van der Waals surface area contributed by atoms with Gasteiger partial charge >= 0.3 is 0 Å². The van der Waals surface area contributed by atoms with Crippen molar-refractivity contribution in [2.24, 2.45) is 5.10 Å². The van der Waals surface area contributed by atoms with Crippen LogP contribution in [0.5, 0.6) is 23.0 Å². The van der Waals surface area contributed by atoms with Crippen molar-refractivity contribution in [2.45, 2.75) is 25.6 Å². The number of ether oxygens (including phenoxy) is 4. The average Bonchev–Trinajstić information content (AvgIpc) is 3.30. The quantitative estimate of drug-likeness (QED) is 0.528. The Bertz CT molecular complexity index is 1130. The Kier molecular flexibility index (Phi) is 5.35. The molecule has 2 heterocycles. The summed E-state index contributed by atoms with van der Waals surface area (Å²) in [5, 5.41) is 7.09. The fourth-order valence-electron chi connectivity index (χ4n) is 4.32. The average molecular weight is 431 g/mol. The van der Waals surface area contributed by atoms with Crippen LogP contribution in [0.4, 0.5) is 0 Å². The minimum Gasteiger partial charge on any atom is -0.497 e. The third kappa shape index (κ3) is 3.51. The fraction of sp³-hybridized carbons (Fsp3) is 0.269. The number of nitrogens with zero attached hydrogens (tertiary/aromatic N) is 2. The molecule has 0 saturated heterocycles. The van der Waals surface area contributed by atoms with E-state index in [1.54, 1.807) is 14.2 Å². The van der Waals surface area contributed by atoms with Crippen LogP contribution >= 0.6 is 0 Å². The molecule has 2 aliphatic rings. The van der Waals surface area contributed by atoms with Crippen LogP contribution < -0.4 is 18.9 Å². The summed E-state index contributed by atoms with van der Waals surface area (Å²) in [6.07, 6.45) is 0.416. The van der Waals surface area contributed by atoms with Gasteiger partial charge in [0.2, 0.25) is 6.23 Å². The van der Waals surface area contributed by atoms with E-state index >= 15 is 0 Å². The summed E-state index contributed by atoms with van der Waals surface area (Å²) in [4.78, 5) is 0. The van der Waals surface area contributed by atoms with E-state index in [9.17, 15) is 0 Å². The number of rotatable bonds is 6. The zero-order valence-corrected chi connectivity index (χ0v) is 18.4. The highest BCUT2D eigenvalue weighted by atomic mass is 16.5. The Labute approximate surface area is 188 Å². The lowest BCUT2D eigenvalue weighted by molar-refractivity contribution is -0.0209. The minimum atomic E-state index is -0.366. The van der Waals surface area contributed by atoms with Crippen LogP contribution in [-0.4, -0.2) is 31.5 Å². The summed E-state index contributed by atoms with van der Waals surface area (Å²) in [5.41, 5.74) is 4.19. The van der Waals surface area contributed by atoms with E-state index in [0.29, 0.717) is 6.61 Å². The molecule has 32 heavy (non-hydrogen) atoms. The van der Waals surface area contributed by atoms with Crippen molar-refractivity contribution in [1.82, 2.24) is 5.01 Å². The maximum absolute atomic E-state index is 6.51. The molecule has 0 fully saturated rings. The smallest absolute Gasteiger partial charge is 0.214 e. The Morgan fingerprint density at radius 1 is 0.938 bits per heavy atom. The largest absolute Gasteiger partial charge is 0.497 e. The number of hydrazone groups is 1. The first kappa shape index (κ1) is 20.2. The summed E-state index contributed by atoms with van der Waals surface area (Å²) < 4.78 is 23.0. The molecule has 0 unspecified atom stereocenters. The number of para-hydroxylation sites is 1. The number of hydrogen-bond acceptors (Lipinski definition) is 6. The van der Waals surface area contributed by atoms with Gasteiger partial charge in [-0.1, -0.05) is 12.1 Å². The van der Waals surface area contributed by atoms with Gasteiger partial charge < -0.3 is 18.9 Å². The van der Waals surface area contributed by atoms with E-state index in [2.05, 4.69) is 23.2 Å². The Morgan fingerprint density at radius 3 is 2.38 bits per heavy atom. The molecule has 2 aliphatic heterocycles. The molecule has 0 radical (unpaired) electrons. The van der Waals surface area contributed by atoms with Crippen LogP contribution in [0.1, 0.15) is 42.3 Å². The highest BCUT2D eigenvalue weighted by molar-refractivity contribution is 6.02. The first-order chi connectivity index (χ1) is 15.7. The van der Waals surface area contributed by atoms with Crippen molar-refractivity contribution >= 4 is 5.71 Å². The topological polar surface area (TPSA) is 52.5 Å². The van der Waals surface area contributed by atoms with Crippen molar-refractivity contribution in [3.8, 4) is 23.0 Å². The molecule has 6 heteroatoms. The van der Waals surface area contributed by atoms with Gasteiger partial charge in [-0.25, -0.2) is 5.01 Å². The second-order valence-corrected chi connectivity index (χ2v) is 7.73. The first-order valence-electron chi connectivity index (χ1n) is 10.8.